The average Bonchev–Trinajstić information content (AvgIpc) is 2.78. The second kappa shape index (κ2) is 3.64. The van der Waals surface area contributed by atoms with Gasteiger partial charge in [0.15, 0.2) is 0 Å². The van der Waals surface area contributed by atoms with Crippen LogP contribution in [0.15, 0.2) is 18.5 Å². The quantitative estimate of drug-likeness (QED) is 0.785. The van der Waals surface area contributed by atoms with Crippen LogP contribution in [0.5, 0.6) is 0 Å². The molecule has 0 saturated carbocycles. The Morgan fingerprint density at radius 1 is 1.40 bits per heavy atom. The van der Waals surface area contributed by atoms with Crippen molar-refractivity contribution in [2.75, 3.05) is 24.3 Å². The van der Waals surface area contributed by atoms with Crippen molar-refractivity contribution in [2.45, 2.75) is 0 Å². The number of hydrogen-bond donors (Lipinski definition) is 2. The van der Waals surface area contributed by atoms with Crippen LogP contribution in [-0.2, 0) is 7.05 Å². The Bertz CT molecular complexity index is 427. The third-order valence-corrected chi connectivity index (χ3v) is 2.11. The Hall–Kier alpha value is -1.98. The lowest BCUT2D eigenvalue weighted by Crippen LogP contribution is -2.14. The minimum absolute atomic E-state index is 0.721. The molecule has 0 bridgehead atoms. The van der Waals surface area contributed by atoms with Crippen LogP contribution in [0, 0.1) is 0 Å². The van der Waals surface area contributed by atoms with Crippen molar-refractivity contribution >= 4 is 17.6 Å². The first-order valence-corrected chi connectivity index (χ1v) is 4.65. The van der Waals surface area contributed by atoms with E-state index in [-0.39, 0.29) is 0 Å². The summed E-state index contributed by atoms with van der Waals surface area (Å²) in [6, 6.07) is 1.93. The van der Waals surface area contributed by atoms with Crippen molar-refractivity contribution in [1.29, 1.82) is 0 Å². The summed E-state index contributed by atoms with van der Waals surface area (Å²) in [5.74, 6) is 1.53. The zero-order chi connectivity index (χ0) is 10.8. The normalized spacial score (nSPS) is 10.3. The molecule has 2 aromatic heterocycles. The Labute approximate surface area is 87.9 Å². The molecule has 2 rings (SSSR count). The highest BCUT2D eigenvalue weighted by atomic mass is 15.4. The number of H-pyrrole nitrogens is 1. The van der Waals surface area contributed by atoms with Crippen molar-refractivity contribution in [3.8, 4) is 0 Å². The van der Waals surface area contributed by atoms with Crippen molar-refractivity contribution in [3.63, 3.8) is 0 Å². The Morgan fingerprint density at radius 2 is 2.20 bits per heavy atom. The lowest BCUT2D eigenvalue weighted by atomic mass is 10.5. The van der Waals surface area contributed by atoms with Crippen LogP contribution < -0.4 is 10.2 Å². The van der Waals surface area contributed by atoms with E-state index in [4.69, 9.17) is 0 Å². The first-order chi connectivity index (χ1) is 7.18. The van der Waals surface area contributed by atoms with Crippen LogP contribution >= 0.6 is 0 Å². The van der Waals surface area contributed by atoms with Gasteiger partial charge in [0.05, 0.1) is 5.69 Å². The van der Waals surface area contributed by atoms with E-state index < -0.39 is 0 Å². The third kappa shape index (κ3) is 1.78. The van der Waals surface area contributed by atoms with Crippen LogP contribution in [0.3, 0.4) is 0 Å². The van der Waals surface area contributed by atoms with Crippen molar-refractivity contribution in [1.82, 2.24) is 19.7 Å². The van der Waals surface area contributed by atoms with Crippen molar-refractivity contribution < 1.29 is 0 Å². The number of nitrogens with one attached hydrogen (secondary N) is 2. The van der Waals surface area contributed by atoms with E-state index in [0.717, 1.165) is 17.6 Å². The second-order valence-electron chi connectivity index (χ2n) is 3.50. The van der Waals surface area contributed by atoms with Gasteiger partial charge in [-0.05, 0) is 6.07 Å². The second-order valence-corrected chi connectivity index (χ2v) is 3.50. The maximum Gasteiger partial charge on any atom is 0.230 e. The van der Waals surface area contributed by atoms with E-state index in [0.29, 0.717) is 0 Å². The lowest BCUT2D eigenvalue weighted by Gasteiger charge is -2.10. The van der Waals surface area contributed by atoms with Crippen molar-refractivity contribution in [3.05, 3.63) is 18.5 Å². The predicted octanol–water partition coefficient (Wildman–Crippen LogP) is 0.953. The average molecular weight is 206 g/mol. The highest BCUT2D eigenvalue weighted by molar-refractivity contribution is 5.53. The van der Waals surface area contributed by atoms with Crippen LogP contribution in [0.4, 0.5) is 17.6 Å². The molecule has 0 aromatic carbocycles. The first kappa shape index (κ1) is 9.57. The summed E-state index contributed by atoms with van der Waals surface area (Å²) in [5.41, 5.74) is 0.968. The Kier molecular flexibility index (Phi) is 2.32. The topological polar surface area (TPSA) is 61.8 Å². The lowest BCUT2D eigenvalue weighted by molar-refractivity contribution is 0.873. The van der Waals surface area contributed by atoms with Gasteiger partial charge in [0.25, 0.3) is 0 Å². The molecule has 15 heavy (non-hydrogen) atoms. The van der Waals surface area contributed by atoms with Crippen molar-refractivity contribution in [2.24, 2.45) is 7.05 Å². The summed E-state index contributed by atoms with van der Waals surface area (Å²) in [6.07, 6.45) is 3.72. The summed E-state index contributed by atoms with van der Waals surface area (Å²) in [7, 11) is 5.79. The first-order valence-electron chi connectivity index (χ1n) is 4.65. The summed E-state index contributed by atoms with van der Waals surface area (Å²) in [5, 5.41) is 11.3. The van der Waals surface area contributed by atoms with Gasteiger partial charge in [-0.15, -0.1) is 10.2 Å². The number of rotatable bonds is 3. The minimum Gasteiger partial charge on any atom is -0.366 e. The maximum atomic E-state index is 4.06. The summed E-state index contributed by atoms with van der Waals surface area (Å²) >= 11 is 0. The molecule has 6 nitrogen and oxygen atoms in total. The molecular weight excluding hydrogens is 192 g/mol. The fourth-order valence-corrected chi connectivity index (χ4v) is 1.35. The maximum absolute atomic E-state index is 4.06. The van der Waals surface area contributed by atoms with Crippen LogP contribution in [0.1, 0.15) is 0 Å². The van der Waals surface area contributed by atoms with E-state index >= 15 is 0 Å². The molecule has 0 aliphatic rings. The molecule has 0 fully saturated rings. The smallest absolute Gasteiger partial charge is 0.230 e. The third-order valence-electron chi connectivity index (χ3n) is 2.11. The number of anilines is 3. The number of nitrogens with zero attached hydrogens (tertiary/aromatic N) is 4. The molecule has 80 valence electrons. The van der Waals surface area contributed by atoms with Gasteiger partial charge in [-0.3, -0.25) is 4.57 Å². The number of hydrogen-bond acceptors (Lipinski definition) is 4. The SMILES string of the molecule is CN(C)c1nnc(Nc2cc[nH]c2)n1C. The molecular formula is C9H14N6. The predicted molar refractivity (Wildman–Crippen MR) is 59.4 cm³/mol. The number of aromatic amines is 1. The van der Waals surface area contributed by atoms with Gasteiger partial charge in [-0.1, -0.05) is 0 Å². The van der Waals surface area contributed by atoms with Gasteiger partial charge in [-0.2, -0.15) is 0 Å². The summed E-state index contributed by atoms with van der Waals surface area (Å²) < 4.78 is 1.90. The van der Waals surface area contributed by atoms with Gasteiger partial charge in [-0.25, -0.2) is 0 Å². The van der Waals surface area contributed by atoms with Gasteiger partial charge in [0.2, 0.25) is 11.9 Å². The van der Waals surface area contributed by atoms with E-state index in [2.05, 4.69) is 20.5 Å². The molecule has 6 heteroatoms. The van der Waals surface area contributed by atoms with Gasteiger partial charge < -0.3 is 15.2 Å². The number of aromatic nitrogens is 4. The van der Waals surface area contributed by atoms with Crippen LogP contribution in [-0.4, -0.2) is 33.8 Å². The molecule has 2 N–H and O–H groups in total. The summed E-state index contributed by atoms with van der Waals surface area (Å²) in [4.78, 5) is 4.88. The minimum atomic E-state index is 0.721. The molecule has 0 atom stereocenters. The van der Waals surface area contributed by atoms with E-state index in [1.807, 2.05) is 49.1 Å². The zero-order valence-electron chi connectivity index (χ0n) is 9.02. The van der Waals surface area contributed by atoms with Gasteiger partial charge >= 0.3 is 0 Å². The molecule has 0 unspecified atom stereocenters. The highest BCUT2D eigenvalue weighted by Gasteiger charge is 2.09. The van der Waals surface area contributed by atoms with Crippen LogP contribution in [0.2, 0.25) is 0 Å². The molecule has 0 aliphatic heterocycles. The Morgan fingerprint density at radius 3 is 2.73 bits per heavy atom. The molecule has 0 spiro atoms. The molecule has 2 heterocycles. The monoisotopic (exact) mass is 206 g/mol. The largest absolute Gasteiger partial charge is 0.366 e. The van der Waals surface area contributed by atoms with Gasteiger partial charge in [0.1, 0.15) is 0 Å². The van der Waals surface area contributed by atoms with Gasteiger partial charge in [0, 0.05) is 33.5 Å². The zero-order valence-corrected chi connectivity index (χ0v) is 9.02. The Balaban J connectivity index is 2.23. The molecule has 0 radical (unpaired) electrons. The van der Waals surface area contributed by atoms with E-state index in [1.54, 1.807) is 0 Å². The van der Waals surface area contributed by atoms with E-state index in [1.165, 1.54) is 0 Å². The highest BCUT2D eigenvalue weighted by Crippen LogP contribution is 2.16. The fourth-order valence-electron chi connectivity index (χ4n) is 1.35. The standard InChI is InChI=1S/C9H14N6/c1-14(2)9-13-12-8(15(9)3)11-7-4-5-10-6-7/h4-6,10H,1-3H3,(H,11,12). The van der Waals surface area contributed by atoms with E-state index in [9.17, 15) is 0 Å². The molecule has 2 aromatic rings. The molecule has 0 saturated heterocycles. The molecule has 0 aliphatic carbocycles. The fraction of sp³-hybridized carbons (Fsp3) is 0.333. The van der Waals surface area contributed by atoms with Crippen LogP contribution in [0.25, 0.3) is 0 Å². The summed E-state index contributed by atoms with van der Waals surface area (Å²) in [6.45, 7) is 0. The molecule has 0 amide bonds.